The molecule has 2 aliphatic rings. The minimum Gasteiger partial charge on any atom is -0.294 e. The number of aryl methyl sites for hydroxylation is 2. The topological polar surface area (TPSA) is 29.0 Å². The predicted molar refractivity (Wildman–Crippen MR) is 87.7 cm³/mol. The average Bonchev–Trinajstić information content (AvgIpc) is 3.35. The van der Waals surface area contributed by atoms with Gasteiger partial charge in [-0.3, -0.25) is 4.90 Å². The summed E-state index contributed by atoms with van der Waals surface area (Å²) in [4.78, 5) is 11.9. The fraction of sp³-hybridized carbons (Fsp3) is 0.474. The minimum atomic E-state index is 0.651. The van der Waals surface area contributed by atoms with Crippen LogP contribution in [0.3, 0.4) is 0 Å². The van der Waals surface area contributed by atoms with Gasteiger partial charge in [-0.2, -0.15) is 0 Å². The largest absolute Gasteiger partial charge is 0.294 e. The summed E-state index contributed by atoms with van der Waals surface area (Å²) in [6.07, 6.45) is 5.68. The van der Waals surface area contributed by atoms with Gasteiger partial charge in [0.1, 0.15) is 5.82 Å². The van der Waals surface area contributed by atoms with Crippen molar-refractivity contribution in [2.45, 2.75) is 52.1 Å². The average molecular weight is 293 g/mol. The molecule has 1 saturated carbocycles. The van der Waals surface area contributed by atoms with E-state index in [1.54, 1.807) is 0 Å². The molecule has 1 aliphatic heterocycles. The van der Waals surface area contributed by atoms with Crippen LogP contribution < -0.4 is 0 Å². The Morgan fingerprint density at radius 1 is 1.23 bits per heavy atom. The molecule has 114 valence electrons. The molecule has 2 aromatic rings. The molecule has 1 aromatic heterocycles. The molecule has 0 saturated heterocycles. The molecule has 0 atom stereocenters. The summed E-state index contributed by atoms with van der Waals surface area (Å²) in [5.41, 5.74) is 6.78. The first-order valence-electron chi connectivity index (χ1n) is 8.32. The smallest absolute Gasteiger partial charge is 0.131 e. The SMILES string of the molecule is Cc1ccc(C)c(CN2CCc3nc(C4CC4)ncc3C2)c1. The first-order valence-corrected chi connectivity index (χ1v) is 8.32. The zero-order valence-electron chi connectivity index (χ0n) is 13.5. The molecule has 0 amide bonds. The van der Waals surface area contributed by atoms with Crippen molar-refractivity contribution in [2.75, 3.05) is 6.54 Å². The highest BCUT2D eigenvalue weighted by atomic mass is 15.1. The zero-order valence-corrected chi connectivity index (χ0v) is 13.5. The lowest BCUT2D eigenvalue weighted by Gasteiger charge is -2.28. The van der Waals surface area contributed by atoms with Gasteiger partial charge in [0.2, 0.25) is 0 Å². The van der Waals surface area contributed by atoms with Gasteiger partial charge in [0.25, 0.3) is 0 Å². The second-order valence-corrected chi connectivity index (χ2v) is 6.87. The maximum atomic E-state index is 4.81. The van der Waals surface area contributed by atoms with Gasteiger partial charge in [-0.15, -0.1) is 0 Å². The summed E-state index contributed by atoms with van der Waals surface area (Å²) >= 11 is 0. The normalized spacial score (nSPS) is 18.3. The molecule has 3 heteroatoms. The van der Waals surface area contributed by atoms with Gasteiger partial charge in [0, 0.05) is 49.4 Å². The van der Waals surface area contributed by atoms with Gasteiger partial charge in [-0.25, -0.2) is 9.97 Å². The number of rotatable bonds is 3. The molecule has 1 aliphatic carbocycles. The van der Waals surface area contributed by atoms with Crippen molar-refractivity contribution in [1.82, 2.24) is 14.9 Å². The monoisotopic (exact) mass is 293 g/mol. The van der Waals surface area contributed by atoms with Crippen molar-refractivity contribution in [3.8, 4) is 0 Å². The fourth-order valence-electron chi connectivity index (χ4n) is 3.27. The van der Waals surface area contributed by atoms with Gasteiger partial charge >= 0.3 is 0 Å². The summed E-state index contributed by atoms with van der Waals surface area (Å²) in [7, 11) is 0. The molecule has 1 fully saturated rings. The summed E-state index contributed by atoms with van der Waals surface area (Å²) < 4.78 is 0. The van der Waals surface area contributed by atoms with E-state index in [0.717, 1.165) is 31.9 Å². The third kappa shape index (κ3) is 2.78. The standard InChI is InChI=1S/C19H23N3/c1-13-3-4-14(2)16(9-13)11-22-8-7-18-17(12-22)10-20-19(21-18)15-5-6-15/h3-4,9-10,15H,5-8,11-12H2,1-2H3. The summed E-state index contributed by atoms with van der Waals surface area (Å²) in [5, 5.41) is 0. The van der Waals surface area contributed by atoms with Gasteiger partial charge in [0.15, 0.2) is 0 Å². The Kier molecular flexibility index (Phi) is 3.45. The van der Waals surface area contributed by atoms with E-state index in [4.69, 9.17) is 4.98 Å². The van der Waals surface area contributed by atoms with Crippen molar-refractivity contribution in [2.24, 2.45) is 0 Å². The van der Waals surface area contributed by atoms with Crippen LogP contribution in [0.1, 0.15) is 52.5 Å². The number of hydrogen-bond acceptors (Lipinski definition) is 3. The van der Waals surface area contributed by atoms with Crippen LogP contribution in [0.15, 0.2) is 24.4 Å². The maximum absolute atomic E-state index is 4.81. The van der Waals surface area contributed by atoms with Crippen LogP contribution in [0.25, 0.3) is 0 Å². The highest BCUT2D eigenvalue weighted by Gasteiger charge is 2.28. The van der Waals surface area contributed by atoms with Gasteiger partial charge in [-0.05, 0) is 37.8 Å². The number of hydrogen-bond donors (Lipinski definition) is 0. The highest BCUT2D eigenvalue weighted by molar-refractivity contribution is 5.31. The minimum absolute atomic E-state index is 0.651. The van der Waals surface area contributed by atoms with E-state index in [1.165, 1.54) is 40.8 Å². The predicted octanol–water partition coefficient (Wildman–Crippen LogP) is 3.53. The van der Waals surface area contributed by atoms with Crippen LogP contribution in [0, 0.1) is 13.8 Å². The second-order valence-electron chi connectivity index (χ2n) is 6.87. The van der Waals surface area contributed by atoms with Gasteiger partial charge in [0.05, 0.1) is 0 Å². The van der Waals surface area contributed by atoms with Crippen LogP contribution >= 0.6 is 0 Å². The molecule has 0 spiro atoms. The Bertz CT molecular complexity index is 704. The second kappa shape index (κ2) is 5.47. The van der Waals surface area contributed by atoms with Crippen molar-refractivity contribution in [3.05, 3.63) is 58.2 Å². The van der Waals surface area contributed by atoms with Crippen LogP contribution in [0.2, 0.25) is 0 Å². The Morgan fingerprint density at radius 2 is 2.09 bits per heavy atom. The van der Waals surface area contributed by atoms with Gasteiger partial charge in [-0.1, -0.05) is 23.8 Å². The van der Waals surface area contributed by atoms with Crippen LogP contribution in [-0.2, 0) is 19.5 Å². The van der Waals surface area contributed by atoms with Crippen molar-refractivity contribution in [1.29, 1.82) is 0 Å². The first kappa shape index (κ1) is 13.9. The Balaban J connectivity index is 1.50. The number of benzene rings is 1. The van der Waals surface area contributed by atoms with E-state index in [1.807, 2.05) is 0 Å². The molecule has 4 rings (SSSR count). The molecule has 22 heavy (non-hydrogen) atoms. The van der Waals surface area contributed by atoms with E-state index >= 15 is 0 Å². The number of aromatic nitrogens is 2. The molecule has 0 bridgehead atoms. The molecule has 3 nitrogen and oxygen atoms in total. The van der Waals surface area contributed by atoms with E-state index in [9.17, 15) is 0 Å². The molecule has 1 aromatic carbocycles. The fourth-order valence-corrected chi connectivity index (χ4v) is 3.27. The third-order valence-electron chi connectivity index (χ3n) is 4.87. The lowest BCUT2D eigenvalue weighted by atomic mass is 10.0. The Labute approximate surface area is 132 Å². The first-order chi connectivity index (χ1) is 10.7. The van der Waals surface area contributed by atoms with Crippen molar-refractivity contribution >= 4 is 0 Å². The van der Waals surface area contributed by atoms with Crippen LogP contribution in [0.5, 0.6) is 0 Å². The van der Waals surface area contributed by atoms with E-state index in [0.29, 0.717) is 5.92 Å². The van der Waals surface area contributed by atoms with E-state index < -0.39 is 0 Å². The summed E-state index contributed by atoms with van der Waals surface area (Å²) in [5.74, 6) is 1.74. The van der Waals surface area contributed by atoms with E-state index in [2.05, 4.69) is 48.1 Å². The molecule has 0 N–H and O–H groups in total. The number of nitrogens with zero attached hydrogens (tertiary/aromatic N) is 3. The Morgan fingerprint density at radius 3 is 2.91 bits per heavy atom. The highest BCUT2D eigenvalue weighted by Crippen LogP contribution is 2.38. The lowest BCUT2D eigenvalue weighted by Crippen LogP contribution is -2.31. The summed E-state index contributed by atoms with van der Waals surface area (Å²) in [6, 6.07) is 6.74. The zero-order chi connectivity index (χ0) is 15.1. The molecule has 2 heterocycles. The van der Waals surface area contributed by atoms with Crippen LogP contribution in [-0.4, -0.2) is 21.4 Å². The van der Waals surface area contributed by atoms with Crippen molar-refractivity contribution in [3.63, 3.8) is 0 Å². The van der Waals surface area contributed by atoms with Crippen LogP contribution in [0.4, 0.5) is 0 Å². The quantitative estimate of drug-likeness (QED) is 0.867. The molecular weight excluding hydrogens is 270 g/mol. The molecular formula is C19H23N3. The van der Waals surface area contributed by atoms with Gasteiger partial charge < -0.3 is 0 Å². The van der Waals surface area contributed by atoms with Crippen molar-refractivity contribution < 1.29 is 0 Å². The Hall–Kier alpha value is -1.74. The molecule has 0 unspecified atom stereocenters. The molecule has 0 radical (unpaired) electrons. The number of fused-ring (bicyclic) bond motifs is 1. The van der Waals surface area contributed by atoms with E-state index in [-0.39, 0.29) is 0 Å². The maximum Gasteiger partial charge on any atom is 0.131 e. The lowest BCUT2D eigenvalue weighted by molar-refractivity contribution is 0.242. The summed E-state index contributed by atoms with van der Waals surface area (Å²) in [6.45, 7) is 7.48. The third-order valence-corrected chi connectivity index (χ3v) is 4.87.